The van der Waals surface area contributed by atoms with Crippen LogP contribution in [0.1, 0.15) is 18.3 Å². The lowest BCUT2D eigenvalue weighted by atomic mass is 10.0. The van der Waals surface area contributed by atoms with Gasteiger partial charge in [-0.05, 0) is 19.9 Å². The Morgan fingerprint density at radius 3 is 2.86 bits per heavy atom. The third-order valence-corrected chi connectivity index (χ3v) is 3.11. The zero-order chi connectivity index (χ0) is 15.6. The van der Waals surface area contributed by atoms with E-state index in [1.165, 1.54) is 13.2 Å². The summed E-state index contributed by atoms with van der Waals surface area (Å²) >= 11 is 0. The average Bonchev–Trinajstić information content (AvgIpc) is 2.88. The fourth-order valence-corrected chi connectivity index (χ4v) is 1.98. The molecule has 1 aromatic carbocycles. The third-order valence-electron chi connectivity index (χ3n) is 3.11. The van der Waals surface area contributed by atoms with Gasteiger partial charge in [0.1, 0.15) is 5.54 Å². The average molecular weight is 292 g/mol. The van der Waals surface area contributed by atoms with Crippen molar-refractivity contribution in [2.24, 2.45) is 5.73 Å². The van der Waals surface area contributed by atoms with Crippen LogP contribution in [0.5, 0.6) is 0 Å². The smallest absolute Gasteiger partial charge is 0.273 e. The summed E-state index contributed by atoms with van der Waals surface area (Å²) in [4.78, 5) is 14.7. The standard InChI is InChI=1S/C13H16N4O4/c1-8-9(5-4-6-10(8)17(18)19)11-15-12(16-21-11)13(2,14)7-20-3/h4-6H,7,14H2,1-3H3. The van der Waals surface area contributed by atoms with Crippen molar-refractivity contribution in [1.29, 1.82) is 0 Å². The fraction of sp³-hybridized carbons (Fsp3) is 0.385. The van der Waals surface area contributed by atoms with Gasteiger partial charge in [0.2, 0.25) is 0 Å². The highest BCUT2D eigenvalue weighted by atomic mass is 16.6. The highest BCUT2D eigenvalue weighted by Crippen LogP contribution is 2.29. The Kier molecular flexibility index (Phi) is 4.01. The van der Waals surface area contributed by atoms with Crippen molar-refractivity contribution in [3.8, 4) is 11.5 Å². The summed E-state index contributed by atoms with van der Waals surface area (Å²) in [6.07, 6.45) is 0. The summed E-state index contributed by atoms with van der Waals surface area (Å²) in [5, 5.41) is 14.8. The molecule has 0 fully saturated rings. The van der Waals surface area contributed by atoms with Gasteiger partial charge >= 0.3 is 0 Å². The van der Waals surface area contributed by atoms with Crippen molar-refractivity contribution in [1.82, 2.24) is 10.1 Å². The molecule has 2 aromatic rings. The number of ether oxygens (including phenoxy) is 1. The molecule has 0 aliphatic carbocycles. The molecule has 112 valence electrons. The summed E-state index contributed by atoms with van der Waals surface area (Å²) in [5.41, 5.74) is 6.11. The van der Waals surface area contributed by atoms with Crippen LogP contribution in [0.15, 0.2) is 22.7 Å². The Balaban J connectivity index is 2.43. The second kappa shape index (κ2) is 5.58. The molecule has 21 heavy (non-hydrogen) atoms. The van der Waals surface area contributed by atoms with Crippen LogP contribution >= 0.6 is 0 Å². The van der Waals surface area contributed by atoms with E-state index >= 15 is 0 Å². The number of hydrogen-bond donors (Lipinski definition) is 1. The predicted molar refractivity (Wildman–Crippen MR) is 74.5 cm³/mol. The number of hydrogen-bond acceptors (Lipinski definition) is 7. The Morgan fingerprint density at radius 2 is 2.24 bits per heavy atom. The topological polar surface area (TPSA) is 117 Å². The minimum Gasteiger partial charge on any atom is -0.382 e. The Bertz CT molecular complexity index is 666. The highest BCUT2D eigenvalue weighted by molar-refractivity contribution is 5.64. The van der Waals surface area contributed by atoms with Crippen LogP contribution in [0.3, 0.4) is 0 Å². The van der Waals surface area contributed by atoms with Gasteiger partial charge in [-0.15, -0.1) is 0 Å². The molecular weight excluding hydrogens is 276 g/mol. The number of methoxy groups -OCH3 is 1. The lowest BCUT2D eigenvalue weighted by molar-refractivity contribution is -0.385. The first kappa shape index (κ1) is 15.1. The maximum absolute atomic E-state index is 11.0. The summed E-state index contributed by atoms with van der Waals surface area (Å²) in [6, 6.07) is 4.68. The van der Waals surface area contributed by atoms with Gasteiger partial charge in [0.25, 0.3) is 11.6 Å². The molecule has 0 aliphatic heterocycles. The van der Waals surface area contributed by atoms with Gasteiger partial charge in [0.05, 0.1) is 11.5 Å². The minimum absolute atomic E-state index is 0.000322. The van der Waals surface area contributed by atoms with E-state index in [-0.39, 0.29) is 24.0 Å². The molecule has 0 saturated carbocycles. The van der Waals surface area contributed by atoms with Crippen LogP contribution < -0.4 is 5.73 Å². The van der Waals surface area contributed by atoms with E-state index < -0.39 is 10.5 Å². The van der Waals surface area contributed by atoms with E-state index in [0.29, 0.717) is 11.1 Å². The SMILES string of the molecule is COCC(C)(N)c1noc(-c2cccc([N+](=O)[O-])c2C)n1. The van der Waals surface area contributed by atoms with Crippen molar-refractivity contribution < 1.29 is 14.2 Å². The van der Waals surface area contributed by atoms with E-state index in [2.05, 4.69) is 10.1 Å². The van der Waals surface area contributed by atoms with Gasteiger partial charge < -0.3 is 15.0 Å². The zero-order valence-corrected chi connectivity index (χ0v) is 12.0. The number of nitrogens with zero attached hydrogens (tertiary/aromatic N) is 3. The lowest BCUT2D eigenvalue weighted by Crippen LogP contribution is -2.38. The number of aromatic nitrogens is 2. The zero-order valence-electron chi connectivity index (χ0n) is 12.0. The molecule has 8 nitrogen and oxygen atoms in total. The molecule has 1 unspecified atom stereocenters. The molecule has 0 saturated heterocycles. The van der Waals surface area contributed by atoms with Crippen LogP contribution in [0.4, 0.5) is 5.69 Å². The Morgan fingerprint density at radius 1 is 1.52 bits per heavy atom. The van der Waals surface area contributed by atoms with Crippen LogP contribution in [0.2, 0.25) is 0 Å². The monoisotopic (exact) mass is 292 g/mol. The molecule has 2 N–H and O–H groups in total. The van der Waals surface area contributed by atoms with E-state index in [0.717, 1.165) is 0 Å². The predicted octanol–water partition coefficient (Wildman–Crippen LogP) is 1.77. The molecule has 1 heterocycles. The summed E-state index contributed by atoms with van der Waals surface area (Å²) in [7, 11) is 1.52. The molecule has 0 radical (unpaired) electrons. The fourth-order valence-electron chi connectivity index (χ4n) is 1.98. The molecule has 1 aromatic heterocycles. The number of benzene rings is 1. The first-order valence-corrected chi connectivity index (χ1v) is 6.23. The largest absolute Gasteiger partial charge is 0.382 e. The molecule has 8 heteroatoms. The van der Waals surface area contributed by atoms with Crippen LogP contribution in [-0.2, 0) is 10.3 Å². The minimum atomic E-state index is -0.898. The van der Waals surface area contributed by atoms with Crippen LogP contribution in [0.25, 0.3) is 11.5 Å². The third kappa shape index (κ3) is 2.91. The molecular formula is C13H16N4O4. The van der Waals surface area contributed by atoms with Gasteiger partial charge in [-0.2, -0.15) is 4.98 Å². The Hall–Kier alpha value is -2.32. The van der Waals surface area contributed by atoms with Gasteiger partial charge in [-0.25, -0.2) is 0 Å². The van der Waals surface area contributed by atoms with Crippen molar-refractivity contribution in [3.05, 3.63) is 39.7 Å². The molecule has 0 spiro atoms. The molecule has 0 amide bonds. The molecule has 1 atom stereocenters. The first-order valence-electron chi connectivity index (χ1n) is 6.23. The quantitative estimate of drug-likeness (QED) is 0.659. The molecule has 0 bridgehead atoms. The van der Waals surface area contributed by atoms with E-state index in [1.807, 2.05) is 0 Å². The van der Waals surface area contributed by atoms with Gasteiger partial charge in [-0.1, -0.05) is 11.2 Å². The maximum Gasteiger partial charge on any atom is 0.273 e. The lowest BCUT2D eigenvalue weighted by Gasteiger charge is -2.18. The van der Waals surface area contributed by atoms with E-state index in [9.17, 15) is 10.1 Å². The van der Waals surface area contributed by atoms with E-state index in [4.69, 9.17) is 15.0 Å². The second-order valence-corrected chi connectivity index (χ2v) is 4.98. The van der Waals surface area contributed by atoms with Gasteiger partial charge in [0.15, 0.2) is 5.82 Å². The first-order chi connectivity index (χ1) is 9.86. The van der Waals surface area contributed by atoms with Gasteiger partial charge in [0, 0.05) is 24.3 Å². The Labute approximate surface area is 121 Å². The van der Waals surface area contributed by atoms with Crippen LogP contribution in [-0.4, -0.2) is 28.8 Å². The number of rotatable bonds is 5. The molecule has 2 rings (SSSR count). The van der Waals surface area contributed by atoms with Gasteiger partial charge in [-0.3, -0.25) is 10.1 Å². The summed E-state index contributed by atoms with van der Waals surface area (Å²) in [6.45, 7) is 3.57. The van der Waals surface area contributed by atoms with Crippen molar-refractivity contribution in [3.63, 3.8) is 0 Å². The summed E-state index contributed by atoms with van der Waals surface area (Å²) in [5.74, 6) is 0.476. The number of nitro benzene ring substituents is 1. The van der Waals surface area contributed by atoms with Crippen molar-refractivity contribution in [2.45, 2.75) is 19.4 Å². The molecule has 0 aliphatic rings. The van der Waals surface area contributed by atoms with Crippen molar-refractivity contribution >= 4 is 5.69 Å². The number of nitrogens with two attached hydrogens (primary N) is 1. The highest BCUT2D eigenvalue weighted by Gasteiger charge is 2.28. The number of nitro groups is 1. The van der Waals surface area contributed by atoms with Crippen LogP contribution in [0, 0.1) is 17.0 Å². The maximum atomic E-state index is 11.0. The second-order valence-electron chi connectivity index (χ2n) is 4.98. The van der Waals surface area contributed by atoms with Crippen molar-refractivity contribution in [2.75, 3.05) is 13.7 Å². The summed E-state index contributed by atoms with van der Waals surface area (Å²) < 4.78 is 10.2. The van der Waals surface area contributed by atoms with E-state index in [1.54, 1.807) is 26.0 Å². The normalized spacial score (nSPS) is 13.9.